The van der Waals surface area contributed by atoms with Crippen molar-refractivity contribution in [2.24, 2.45) is 0 Å². The van der Waals surface area contributed by atoms with E-state index in [1.807, 2.05) is 55.6 Å². The number of pyridine rings is 2. The molecule has 0 atom stereocenters. The molecule has 0 saturated heterocycles. The van der Waals surface area contributed by atoms with E-state index in [-0.39, 0.29) is 5.56 Å². The average molecular weight is 466 g/mol. The summed E-state index contributed by atoms with van der Waals surface area (Å²) in [7, 11) is 1.75. The molecule has 8 nitrogen and oxygen atoms in total. The minimum absolute atomic E-state index is 0.255. The van der Waals surface area contributed by atoms with Gasteiger partial charge >= 0.3 is 0 Å². The maximum absolute atomic E-state index is 12.6. The van der Waals surface area contributed by atoms with Gasteiger partial charge in [-0.15, -0.1) is 11.3 Å². The average Bonchev–Trinajstić information content (AvgIpc) is 3.22. The number of hydrogen-bond donors (Lipinski definition) is 3. The summed E-state index contributed by atoms with van der Waals surface area (Å²) in [5, 5.41) is 10.2. The lowest BCUT2D eigenvalue weighted by atomic mass is 10.0. The molecule has 0 spiro atoms. The van der Waals surface area contributed by atoms with E-state index in [0.717, 1.165) is 42.6 Å². The lowest BCUT2D eigenvalue weighted by molar-refractivity contribution is 1.15. The highest BCUT2D eigenvalue weighted by atomic mass is 32.1. The maximum atomic E-state index is 12.6. The normalized spacial score (nSPS) is 11.4. The summed E-state index contributed by atoms with van der Waals surface area (Å²) < 4.78 is 1.12. The highest BCUT2D eigenvalue weighted by Gasteiger charge is 2.17. The standard InChI is InChI=1S/C25H19N7OS/c1-13-28-18-10-15(6-7-20(18)34-13)29-19-11-21(33)30-24-22(19)23(31-25(26-2)32-24)17-5-3-4-14-12-27-9-8-16(14)17/h3-12H,1-2H3,(H3,26,29,30,31,32,33). The molecule has 0 amide bonds. The second-order valence-corrected chi connectivity index (χ2v) is 9.09. The second-order valence-electron chi connectivity index (χ2n) is 7.86. The van der Waals surface area contributed by atoms with E-state index in [2.05, 4.69) is 30.6 Å². The van der Waals surface area contributed by atoms with E-state index in [1.54, 1.807) is 24.6 Å². The zero-order valence-corrected chi connectivity index (χ0v) is 19.2. The van der Waals surface area contributed by atoms with Crippen LogP contribution in [0.25, 0.3) is 43.3 Å². The Hall–Kier alpha value is -4.37. The van der Waals surface area contributed by atoms with Crippen molar-refractivity contribution in [3.8, 4) is 11.3 Å². The molecule has 3 N–H and O–H groups in total. The van der Waals surface area contributed by atoms with Gasteiger partial charge in [-0.05, 0) is 36.6 Å². The molecule has 0 radical (unpaired) electrons. The maximum Gasteiger partial charge on any atom is 0.251 e. The summed E-state index contributed by atoms with van der Waals surface area (Å²) in [4.78, 5) is 33.6. The number of nitrogens with one attached hydrogen (secondary N) is 3. The van der Waals surface area contributed by atoms with E-state index >= 15 is 0 Å². The molecule has 9 heteroatoms. The molecule has 2 aromatic carbocycles. The molecule has 166 valence electrons. The third-order valence-electron chi connectivity index (χ3n) is 5.63. The Kier molecular flexibility index (Phi) is 4.70. The first-order valence-corrected chi connectivity index (χ1v) is 11.5. The topological polar surface area (TPSA) is 108 Å². The molecular formula is C25H19N7OS. The van der Waals surface area contributed by atoms with Crippen molar-refractivity contribution in [1.82, 2.24) is 24.9 Å². The number of anilines is 3. The van der Waals surface area contributed by atoms with Crippen molar-refractivity contribution < 1.29 is 0 Å². The number of rotatable bonds is 4. The number of aryl methyl sites for hydroxylation is 1. The monoisotopic (exact) mass is 465 g/mol. The van der Waals surface area contributed by atoms with Crippen LogP contribution in [0.4, 0.5) is 17.3 Å². The van der Waals surface area contributed by atoms with Gasteiger partial charge in [0.1, 0.15) is 5.65 Å². The lowest BCUT2D eigenvalue weighted by Crippen LogP contribution is -2.10. The van der Waals surface area contributed by atoms with Crippen LogP contribution in [0.1, 0.15) is 5.01 Å². The van der Waals surface area contributed by atoms with Crippen LogP contribution in [0.2, 0.25) is 0 Å². The molecule has 0 saturated carbocycles. The Bertz CT molecular complexity index is 1770. The quantitative estimate of drug-likeness (QED) is 0.327. The molecule has 4 heterocycles. The highest BCUT2D eigenvalue weighted by molar-refractivity contribution is 7.18. The summed E-state index contributed by atoms with van der Waals surface area (Å²) in [6, 6.07) is 15.5. The Labute approximate surface area is 197 Å². The minimum Gasteiger partial charge on any atom is -0.357 e. The largest absolute Gasteiger partial charge is 0.357 e. The SMILES string of the molecule is CNc1nc(-c2cccc3cnccc23)c2c(Nc3ccc4sc(C)nc4c3)cc(=O)[nH]c2n1. The molecule has 0 aliphatic rings. The lowest BCUT2D eigenvalue weighted by Gasteiger charge is -2.15. The number of benzene rings is 2. The fourth-order valence-electron chi connectivity index (χ4n) is 4.17. The van der Waals surface area contributed by atoms with Crippen molar-refractivity contribution in [3.63, 3.8) is 0 Å². The number of nitrogens with zero attached hydrogens (tertiary/aromatic N) is 4. The van der Waals surface area contributed by atoms with E-state index in [4.69, 9.17) is 4.98 Å². The Morgan fingerprint density at radius 2 is 1.94 bits per heavy atom. The Morgan fingerprint density at radius 1 is 1.03 bits per heavy atom. The predicted octanol–water partition coefficient (Wildman–Crippen LogP) is 5.24. The number of hydrogen-bond acceptors (Lipinski definition) is 8. The van der Waals surface area contributed by atoms with Crippen molar-refractivity contribution in [3.05, 3.63) is 76.3 Å². The van der Waals surface area contributed by atoms with Gasteiger partial charge in [-0.2, -0.15) is 4.98 Å². The van der Waals surface area contributed by atoms with E-state index < -0.39 is 0 Å². The fourth-order valence-corrected chi connectivity index (χ4v) is 4.98. The summed E-state index contributed by atoms with van der Waals surface area (Å²) >= 11 is 1.65. The molecule has 0 unspecified atom stereocenters. The van der Waals surface area contributed by atoms with Gasteiger partial charge in [0.15, 0.2) is 0 Å². The number of aromatic nitrogens is 5. The highest BCUT2D eigenvalue weighted by Crippen LogP contribution is 2.36. The molecule has 6 aromatic rings. The van der Waals surface area contributed by atoms with Gasteiger partial charge in [-0.1, -0.05) is 18.2 Å². The van der Waals surface area contributed by atoms with Crippen LogP contribution in [-0.2, 0) is 0 Å². The first-order chi connectivity index (χ1) is 16.6. The van der Waals surface area contributed by atoms with E-state index in [1.165, 1.54) is 6.07 Å². The number of H-pyrrole nitrogens is 1. The van der Waals surface area contributed by atoms with Crippen LogP contribution in [0.15, 0.2) is 65.7 Å². The van der Waals surface area contributed by atoms with Gasteiger partial charge in [0.2, 0.25) is 5.95 Å². The van der Waals surface area contributed by atoms with Gasteiger partial charge in [0.25, 0.3) is 5.56 Å². The van der Waals surface area contributed by atoms with Gasteiger partial charge in [-0.25, -0.2) is 9.97 Å². The number of fused-ring (bicyclic) bond motifs is 3. The van der Waals surface area contributed by atoms with Crippen LogP contribution in [0.3, 0.4) is 0 Å². The summed E-state index contributed by atoms with van der Waals surface area (Å²) in [6.45, 7) is 1.99. The molecule has 0 fully saturated rings. The van der Waals surface area contributed by atoms with Gasteiger partial charge in [-0.3, -0.25) is 9.78 Å². The van der Waals surface area contributed by atoms with Gasteiger partial charge in [0, 0.05) is 42.1 Å². The Balaban J connectivity index is 1.62. The number of thiazole rings is 1. The van der Waals surface area contributed by atoms with Crippen molar-refractivity contribution in [2.45, 2.75) is 6.92 Å². The molecule has 0 bridgehead atoms. The number of aromatic amines is 1. The third kappa shape index (κ3) is 3.43. The van der Waals surface area contributed by atoms with E-state index in [0.29, 0.717) is 23.0 Å². The summed E-state index contributed by atoms with van der Waals surface area (Å²) in [5.41, 5.74) is 4.18. The van der Waals surface area contributed by atoms with Crippen molar-refractivity contribution in [2.75, 3.05) is 17.7 Å². The second kappa shape index (κ2) is 7.89. The molecule has 6 rings (SSSR count). The minimum atomic E-state index is -0.255. The Morgan fingerprint density at radius 3 is 2.82 bits per heavy atom. The fraction of sp³-hybridized carbons (Fsp3) is 0.0800. The zero-order chi connectivity index (χ0) is 23.2. The molecule has 0 aliphatic heterocycles. The van der Waals surface area contributed by atoms with Crippen LogP contribution < -0.4 is 16.2 Å². The summed E-state index contributed by atoms with van der Waals surface area (Å²) in [5.74, 6) is 0.417. The first kappa shape index (κ1) is 20.3. The first-order valence-electron chi connectivity index (χ1n) is 10.7. The van der Waals surface area contributed by atoms with Gasteiger partial charge in [0.05, 0.1) is 32.0 Å². The molecule has 4 aromatic heterocycles. The third-order valence-corrected chi connectivity index (χ3v) is 6.58. The predicted molar refractivity (Wildman–Crippen MR) is 138 cm³/mol. The molecule has 34 heavy (non-hydrogen) atoms. The van der Waals surface area contributed by atoms with Crippen LogP contribution in [0.5, 0.6) is 0 Å². The smallest absolute Gasteiger partial charge is 0.251 e. The molecule has 0 aliphatic carbocycles. The van der Waals surface area contributed by atoms with Crippen LogP contribution in [-0.4, -0.2) is 32.0 Å². The van der Waals surface area contributed by atoms with E-state index in [9.17, 15) is 4.79 Å². The summed E-state index contributed by atoms with van der Waals surface area (Å²) in [6.07, 6.45) is 3.59. The van der Waals surface area contributed by atoms with Crippen LogP contribution in [0, 0.1) is 6.92 Å². The van der Waals surface area contributed by atoms with Crippen molar-refractivity contribution >= 4 is 60.7 Å². The van der Waals surface area contributed by atoms with Crippen molar-refractivity contribution in [1.29, 1.82) is 0 Å². The zero-order valence-electron chi connectivity index (χ0n) is 18.4. The van der Waals surface area contributed by atoms with Gasteiger partial charge < -0.3 is 15.6 Å². The van der Waals surface area contributed by atoms with Crippen LogP contribution >= 0.6 is 11.3 Å². The molecular weight excluding hydrogens is 446 g/mol.